The van der Waals surface area contributed by atoms with Gasteiger partial charge in [0.05, 0.1) is 12.5 Å². The molecule has 0 spiro atoms. The van der Waals surface area contributed by atoms with Crippen molar-refractivity contribution in [3.63, 3.8) is 0 Å². The summed E-state index contributed by atoms with van der Waals surface area (Å²) in [5.41, 5.74) is 2.32. The van der Waals surface area contributed by atoms with Crippen LogP contribution in [0.1, 0.15) is 37.8 Å². The number of anilines is 1. The van der Waals surface area contributed by atoms with Crippen LogP contribution in [-0.2, 0) is 0 Å². The maximum atomic E-state index is 14.1. The SMILES string of the molecule is CCCNc1cc(C2CC2)nc2c(F)ccc(OC)c12. The second-order valence-electron chi connectivity index (χ2n) is 5.27. The van der Waals surface area contributed by atoms with E-state index in [-0.39, 0.29) is 5.82 Å². The number of hydrogen-bond acceptors (Lipinski definition) is 3. The van der Waals surface area contributed by atoms with E-state index in [4.69, 9.17) is 4.74 Å². The van der Waals surface area contributed by atoms with Gasteiger partial charge in [-0.15, -0.1) is 0 Å². The van der Waals surface area contributed by atoms with Crippen LogP contribution in [-0.4, -0.2) is 18.6 Å². The highest BCUT2D eigenvalue weighted by atomic mass is 19.1. The van der Waals surface area contributed by atoms with Crippen LogP contribution in [0.2, 0.25) is 0 Å². The third-order valence-electron chi connectivity index (χ3n) is 3.67. The van der Waals surface area contributed by atoms with Gasteiger partial charge in [-0.2, -0.15) is 0 Å². The second kappa shape index (κ2) is 5.27. The van der Waals surface area contributed by atoms with Crippen LogP contribution in [0.15, 0.2) is 18.2 Å². The van der Waals surface area contributed by atoms with Crippen LogP contribution in [0.5, 0.6) is 5.75 Å². The lowest BCUT2D eigenvalue weighted by atomic mass is 10.1. The van der Waals surface area contributed by atoms with Gasteiger partial charge in [0.25, 0.3) is 0 Å². The molecule has 106 valence electrons. The van der Waals surface area contributed by atoms with Gasteiger partial charge in [-0.1, -0.05) is 6.92 Å². The Morgan fingerprint density at radius 3 is 2.85 bits per heavy atom. The molecule has 0 amide bonds. The highest BCUT2D eigenvalue weighted by molar-refractivity contribution is 5.97. The van der Waals surface area contributed by atoms with E-state index in [1.807, 2.05) is 0 Å². The van der Waals surface area contributed by atoms with Crippen LogP contribution in [0, 0.1) is 5.82 Å². The van der Waals surface area contributed by atoms with E-state index < -0.39 is 0 Å². The third-order valence-corrected chi connectivity index (χ3v) is 3.67. The summed E-state index contributed by atoms with van der Waals surface area (Å²) in [4.78, 5) is 4.52. The molecule has 1 N–H and O–H groups in total. The van der Waals surface area contributed by atoms with Gasteiger partial charge in [-0.25, -0.2) is 9.37 Å². The minimum Gasteiger partial charge on any atom is -0.496 e. The average Bonchev–Trinajstić information content (AvgIpc) is 3.30. The molecule has 1 aromatic carbocycles. The molecule has 3 nitrogen and oxygen atoms in total. The van der Waals surface area contributed by atoms with E-state index in [0.717, 1.165) is 42.6 Å². The second-order valence-corrected chi connectivity index (χ2v) is 5.27. The molecule has 1 aromatic heterocycles. The fourth-order valence-corrected chi connectivity index (χ4v) is 2.46. The first kappa shape index (κ1) is 13.2. The standard InChI is InChI=1S/C16H19FN2O/c1-3-8-18-13-9-12(10-4-5-10)19-16-11(17)6-7-14(20-2)15(13)16/h6-7,9-10H,3-5,8H2,1-2H3,(H,18,19). The minimum atomic E-state index is -0.289. The Labute approximate surface area is 118 Å². The van der Waals surface area contributed by atoms with Gasteiger partial charge >= 0.3 is 0 Å². The summed E-state index contributed by atoms with van der Waals surface area (Å²) >= 11 is 0. The van der Waals surface area contributed by atoms with Crippen molar-refractivity contribution in [3.8, 4) is 5.75 Å². The summed E-state index contributed by atoms with van der Waals surface area (Å²) < 4.78 is 19.5. The summed E-state index contributed by atoms with van der Waals surface area (Å²) in [5, 5.41) is 4.12. The van der Waals surface area contributed by atoms with Crippen LogP contribution in [0.25, 0.3) is 10.9 Å². The van der Waals surface area contributed by atoms with Crippen LogP contribution >= 0.6 is 0 Å². The molecule has 0 unspecified atom stereocenters. The number of nitrogens with zero attached hydrogens (tertiary/aromatic N) is 1. The Bertz CT molecular complexity index is 638. The van der Waals surface area contributed by atoms with Crippen molar-refractivity contribution in [2.24, 2.45) is 0 Å². The number of aromatic nitrogens is 1. The normalized spacial score (nSPS) is 14.6. The molecule has 0 saturated heterocycles. The van der Waals surface area contributed by atoms with Gasteiger partial charge < -0.3 is 10.1 Å². The van der Waals surface area contributed by atoms with Crippen molar-refractivity contribution in [2.75, 3.05) is 19.0 Å². The first-order valence-corrected chi connectivity index (χ1v) is 7.15. The quantitative estimate of drug-likeness (QED) is 0.892. The van der Waals surface area contributed by atoms with Crippen molar-refractivity contribution >= 4 is 16.6 Å². The Morgan fingerprint density at radius 1 is 1.40 bits per heavy atom. The van der Waals surface area contributed by atoms with E-state index >= 15 is 0 Å². The summed E-state index contributed by atoms with van der Waals surface area (Å²) in [6, 6.07) is 5.14. The van der Waals surface area contributed by atoms with Crippen molar-refractivity contribution in [1.29, 1.82) is 0 Å². The van der Waals surface area contributed by atoms with E-state index in [1.54, 1.807) is 13.2 Å². The zero-order valence-corrected chi connectivity index (χ0v) is 11.9. The molecule has 0 atom stereocenters. The summed E-state index contributed by atoms with van der Waals surface area (Å²) in [6.45, 7) is 2.96. The predicted octanol–water partition coefficient (Wildman–Crippen LogP) is 4.08. The van der Waals surface area contributed by atoms with Gasteiger partial charge in [0.2, 0.25) is 0 Å². The smallest absolute Gasteiger partial charge is 0.149 e. The lowest BCUT2D eigenvalue weighted by Gasteiger charge is -2.14. The maximum absolute atomic E-state index is 14.1. The lowest BCUT2D eigenvalue weighted by Crippen LogP contribution is -2.04. The Balaban J connectivity index is 2.21. The molecule has 0 bridgehead atoms. The zero-order chi connectivity index (χ0) is 14.1. The molecule has 0 radical (unpaired) electrons. The number of benzene rings is 1. The van der Waals surface area contributed by atoms with Gasteiger partial charge in [0.1, 0.15) is 17.1 Å². The fourth-order valence-electron chi connectivity index (χ4n) is 2.46. The molecule has 20 heavy (non-hydrogen) atoms. The van der Waals surface area contributed by atoms with Crippen molar-refractivity contribution < 1.29 is 9.13 Å². The third kappa shape index (κ3) is 2.30. The summed E-state index contributed by atoms with van der Waals surface area (Å²) in [7, 11) is 1.60. The first-order chi connectivity index (χ1) is 9.74. The number of halogens is 1. The molecule has 0 aliphatic heterocycles. The molecular weight excluding hydrogens is 255 g/mol. The highest BCUT2D eigenvalue weighted by Gasteiger charge is 2.27. The van der Waals surface area contributed by atoms with E-state index in [2.05, 4.69) is 23.3 Å². The molecule has 3 rings (SSSR count). The van der Waals surface area contributed by atoms with E-state index in [0.29, 0.717) is 17.2 Å². The van der Waals surface area contributed by atoms with Crippen LogP contribution in [0.3, 0.4) is 0 Å². The summed E-state index contributed by atoms with van der Waals surface area (Å²) in [5.74, 6) is 0.866. The zero-order valence-electron chi connectivity index (χ0n) is 11.9. The van der Waals surface area contributed by atoms with E-state index in [1.165, 1.54) is 6.07 Å². The highest BCUT2D eigenvalue weighted by Crippen LogP contribution is 2.42. The van der Waals surface area contributed by atoms with Gasteiger partial charge in [-0.3, -0.25) is 0 Å². The van der Waals surface area contributed by atoms with Crippen molar-refractivity contribution in [2.45, 2.75) is 32.1 Å². The molecule has 2 aromatic rings. The Hall–Kier alpha value is -1.84. The Kier molecular flexibility index (Phi) is 3.47. The van der Waals surface area contributed by atoms with Gasteiger partial charge in [0, 0.05) is 23.8 Å². The first-order valence-electron chi connectivity index (χ1n) is 7.15. The number of hydrogen-bond donors (Lipinski definition) is 1. The molecule has 1 aliphatic carbocycles. The molecule has 1 saturated carbocycles. The monoisotopic (exact) mass is 274 g/mol. The lowest BCUT2D eigenvalue weighted by molar-refractivity contribution is 0.419. The molecule has 4 heteroatoms. The average molecular weight is 274 g/mol. The maximum Gasteiger partial charge on any atom is 0.149 e. The van der Waals surface area contributed by atoms with Crippen LogP contribution < -0.4 is 10.1 Å². The summed E-state index contributed by atoms with van der Waals surface area (Å²) in [6.07, 6.45) is 3.31. The molecule has 1 aliphatic rings. The number of methoxy groups -OCH3 is 1. The number of nitrogens with one attached hydrogen (secondary N) is 1. The number of pyridine rings is 1. The number of rotatable bonds is 5. The van der Waals surface area contributed by atoms with Gasteiger partial charge in [-0.05, 0) is 37.5 Å². The van der Waals surface area contributed by atoms with Gasteiger partial charge in [0.15, 0.2) is 0 Å². The van der Waals surface area contributed by atoms with Crippen LogP contribution in [0.4, 0.5) is 10.1 Å². The number of fused-ring (bicyclic) bond motifs is 1. The predicted molar refractivity (Wildman–Crippen MR) is 79.0 cm³/mol. The fraction of sp³-hybridized carbons (Fsp3) is 0.438. The van der Waals surface area contributed by atoms with Crippen molar-refractivity contribution in [1.82, 2.24) is 4.98 Å². The molecular formula is C16H19FN2O. The number of ether oxygens (including phenoxy) is 1. The minimum absolute atomic E-state index is 0.289. The van der Waals surface area contributed by atoms with Crippen molar-refractivity contribution in [3.05, 3.63) is 29.7 Å². The Morgan fingerprint density at radius 2 is 2.20 bits per heavy atom. The molecule has 1 heterocycles. The molecule has 1 fully saturated rings. The topological polar surface area (TPSA) is 34.2 Å². The van der Waals surface area contributed by atoms with E-state index in [9.17, 15) is 4.39 Å². The largest absolute Gasteiger partial charge is 0.496 e.